The first-order valence-electron chi connectivity index (χ1n) is 6.88. The van der Waals surface area contributed by atoms with Crippen molar-refractivity contribution in [3.05, 3.63) is 33.9 Å². The second-order valence-electron chi connectivity index (χ2n) is 5.80. The molecule has 0 spiro atoms. The van der Waals surface area contributed by atoms with Gasteiger partial charge in [-0.25, -0.2) is 0 Å². The number of hydrogen-bond acceptors (Lipinski definition) is 4. The highest BCUT2D eigenvalue weighted by Gasteiger charge is 2.35. The highest BCUT2D eigenvalue weighted by molar-refractivity contribution is 5.59. The highest BCUT2D eigenvalue weighted by atomic mass is 16.6. The molecule has 0 amide bonds. The van der Waals surface area contributed by atoms with E-state index in [1.54, 1.807) is 12.1 Å². The van der Waals surface area contributed by atoms with E-state index in [0.29, 0.717) is 0 Å². The van der Waals surface area contributed by atoms with Gasteiger partial charge in [0.15, 0.2) is 0 Å². The van der Waals surface area contributed by atoms with Crippen molar-refractivity contribution in [1.29, 1.82) is 0 Å². The summed E-state index contributed by atoms with van der Waals surface area (Å²) in [4.78, 5) is 12.9. The van der Waals surface area contributed by atoms with Gasteiger partial charge in [0.05, 0.1) is 4.92 Å². The lowest BCUT2D eigenvalue weighted by Crippen LogP contribution is -2.21. The number of nitrogens with two attached hydrogens (primary N) is 1. The molecule has 0 aromatic heterocycles. The molecule has 2 unspecified atom stereocenters. The van der Waals surface area contributed by atoms with Crippen LogP contribution in [-0.4, -0.2) is 22.9 Å². The summed E-state index contributed by atoms with van der Waals surface area (Å²) in [5.41, 5.74) is 6.87. The Labute approximate surface area is 112 Å². The zero-order valence-electron chi connectivity index (χ0n) is 10.9. The van der Waals surface area contributed by atoms with Gasteiger partial charge in [-0.15, -0.1) is 0 Å². The summed E-state index contributed by atoms with van der Waals surface area (Å²) in [6.07, 6.45) is 4.07. The smallest absolute Gasteiger partial charge is 0.292 e. The molecule has 2 aliphatic rings. The van der Waals surface area contributed by atoms with Gasteiger partial charge in [-0.3, -0.25) is 15.0 Å². The molecule has 3 rings (SSSR count). The molecule has 1 aliphatic carbocycles. The van der Waals surface area contributed by atoms with Gasteiger partial charge in [0.1, 0.15) is 5.69 Å². The number of nitrogens with zero attached hydrogens (tertiary/aromatic N) is 2. The van der Waals surface area contributed by atoms with Crippen molar-refractivity contribution in [3.63, 3.8) is 0 Å². The van der Waals surface area contributed by atoms with Crippen molar-refractivity contribution < 1.29 is 4.92 Å². The molecule has 0 radical (unpaired) electrons. The minimum Gasteiger partial charge on any atom is -0.393 e. The molecular weight excluding hydrogens is 242 g/mol. The molecule has 0 bridgehead atoms. The molecule has 19 heavy (non-hydrogen) atoms. The van der Waals surface area contributed by atoms with E-state index in [0.717, 1.165) is 37.0 Å². The predicted molar refractivity (Wildman–Crippen MR) is 73.6 cm³/mol. The van der Waals surface area contributed by atoms with Crippen LogP contribution in [0.5, 0.6) is 0 Å². The van der Waals surface area contributed by atoms with Gasteiger partial charge in [-0.2, -0.15) is 0 Å². The normalized spacial score (nSPS) is 26.5. The fourth-order valence-corrected chi connectivity index (χ4v) is 3.57. The molecule has 2 fully saturated rings. The van der Waals surface area contributed by atoms with Crippen LogP contribution in [-0.2, 0) is 6.54 Å². The summed E-state index contributed by atoms with van der Waals surface area (Å²) in [6.45, 7) is 3.08. The van der Waals surface area contributed by atoms with Gasteiger partial charge >= 0.3 is 0 Å². The summed E-state index contributed by atoms with van der Waals surface area (Å²) >= 11 is 0. The maximum Gasteiger partial charge on any atom is 0.292 e. The Bertz CT molecular complexity index is 491. The first-order valence-corrected chi connectivity index (χ1v) is 6.88. The van der Waals surface area contributed by atoms with Gasteiger partial charge in [0.2, 0.25) is 0 Å². The Balaban J connectivity index is 1.70. The molecular formula is C14H19N3O2. The Kier molecular flexibility index (Phi) is 3.14. The Morgan fingerprint density at radius 1 is 1.32 bits per heavy atom. The van der Waals surface area contributed by atoms with Crippen LogP contribution in [0.1, 0.15) is 24.8 Å². The number of rotatable bonds is 3. The molecule has 2 N–H and O–H groups in total. The van der Waals surface area contributed by atoms with Crippen molar-refractivity contribution in [2.75, 3.05) is 18.8 Å². The molecule has 5 nitrogen and oxygen atoms in total. The summed E-state index contributed by atoms with van der Waals surface area (Å²) in [7, 11) is 0. The van der Waals surface area contributed by atoms with Crippen LogP contribution in [0.15, 0.2) is 18.2 Å². The van der Waals surface area contributed by atoms with Crippen molar-refractivity contribution in [2.24, 2.45) is 11.8 Å². The fraction of sp³-hybridized carbons (Fsp3) is 0.571. The van der Waals surface area contributed by atoms with Gasteiger partial charge in [0, 0.05) is 25.7 Å². The van der Waals surface area contributed by atoms with E-state index >= 15 is 0 Å². The standard InChI is InChI=1S/C14H19N3O2/c15-13-5-4-10(6-14(13)17(18)19)7-16-8-11-2-1-3-12(11)9-16/h4-6,11-12H,1-3,7-9,15H2. The Morgan fingerprint density at radius 2 is 2.00 bits per heavy atom. The zero-order chi connectivity index (χ0) is 13.4. The van der Waals surface area contributed by atoms with E-state index < -0.39 is 4.92 Å². The SMILES string of the molecule is Nc1ccc(CN2CC3CCCC3C2)cc1[N+](=O)[O-]. The second kappa shape index (κ2) is 4.81. The zero-order valence-corrected chi connectivity index (χ0v) is 10.9. The van der Waals surface area contributed by atoms with Crippen molar-refractivity contribution in [2.45, 2.75) is 25.8 Å². The predicted octanol–water partition coefficient (Wildman–Crippen LogP) is 2.41. The maximum atomic E-state index is 10.9. The monoisotopic (exact) mass is 261 g/mol. The number of hydrogen-bond donors (Lipinski definition) is 1. The molecule has 1 aliphatic heterocycles. The van der Waals surface area contributed by atoms with Gasteiger partial charge in [-0.05, 0) is 36.3 Å². The van der Waals surface area contributed by atoms with Crippen LogP contribution in [0.25, 0.3) is 0 Å². The van der Waals surface area contributed by atoms with Crippen LogP contribution < -0.4 is 5.73 Å². The minimum absolute atomic E-state index is 0.0249. The van der Waals surface area contributed by atoms with Crippen molar-refractivity contribution >= 4 is 11.4 Å². The van der Waals surface area contributed by atoms with E-state index in [2.05, 4.69) is 4.90 Å². The summed E-state index contributed by atoms with van der Waals surface area (Å²) in [5, 5.41) is 10.9. The molecule has 1 saturated heterocycles. The van der Waals surface area contributed by atoms with E-state index in [9.17, 15) is 10.1 Å². The third-order valence-corrected chi connectivity index (χ3v) is 4.50. The van der Waals surface area contributed by atoms with Crippen molar-refractivity contribution in [1.82, 2.24) is 4.90 Å². The fourth-order valence-electron chi connectivity index (χ4n) is 3.57. The first-order chi connectivity index (χ1) is 9.13. The highest BCUT2D eigenvalue weighted by Crippen LogP contribution is 2.38. The number of fused-ring (bicyclic) bond motifs is 1. The summed E-state index contributed by atoms with van der Waals surface area (Å²) in [6, 6.07) is 5.16. The lowest BCUT2D eigenvalue weighted by molar-refractivity contribution is -0.384. The summed E-state index contributed by atoms with van der Waals surface area (Å²) in [5.74, 6) is 1.70. The Hall–Kier alpha value is -1.62. The second-order valence-corrected chi connectivity index (χ2v) is 5.80. The topological polar surface area (TPSA) is 72.4 Å². The van der Waals surface area contributed by atoms with Crippen LogP contribution in [0.2, 0.25) is 0 Å². The third-order valence-electron chi connectivity index (χ3n) is 4.50. The summed E-state index contributed by atoms with van der Waals surface area (Å²) < 4.78 is 0. The maximum absolute atomic E-state index is 10.9. The molecule has 1 saturated carbocycles. The first kappa shape index (κ1) is 12.4. The van der Waals surface area contributed by atoms with Gasteiger partial charge in [0.25, 0.3) is 5.69 Å². The molecule has 1 heterocycles. The van der Waals surface area contributed by atoms with E-state index in [1.165, 1.54) is 19.3 Å². The van der Waals surface area contributed by atoms with Crippen molar-refractivity contribution in [3.8, 4) is 0 Å². The quantitative estimate of drug-likeness (QED) is 0.515. The number of nitro groups is 1. The average Bonchev–Trinajstić information content (AvgIpc) is 2.91. The number of anilines is 1. The van der Waals surface area contributed by atoms with Crippen LogP contribution in [0.4, 0.5) is 11.4 Å². The van der Waals surface area contributed by atoms with E-state index in [-0.39, 0.29) is 11.4 Å². The third kappa shape index (κ3) is 2.42. The lowest BCUT2D eigenvalue weighted by Gasteiger charge is -2.16. The Morgan fingerprint density at radius 3 is 2.63 bits per heavy atom. The van der Waals surface area contributed by atoms with Crippen LogP contribution in [0.3, 0.4) is 0 Å². The number of benzene rings is 1. The lowest BCUT2D eigenvalue weighted by atomic mass is 10.0. The van der Waals surface area contributed by atoms with E-state index in [1.807, 2.05) is 6.07 Å². The largest absolute Gasteiger partial charge is 0.393 e. The number of nitrogen functional groups attached to an aromatic ring is 1. The molecule has 1 aromatic carbocycles. The average molecular weight is 261 g/mol. The van der Waals surface area contributed by atoms with E-state index in [4.69, 9.17) is 5.73 Å². The molecule has 1 aromatic rings. The molecule has 102 valence electrons. The molecule has 2 atom stereocenters. The van der Waals surface area contributed by atoms with Crippen LogP contribution >= 0.6 is 0 Å². The molecule has 5 heteroatoms. The van der Waals surface area contributed by atoms with Crippen LogP contribution in [0, 0.1) is 22.0 Å². The number of likely N-dealkylation sites (tertiary alicyclic amines) is 1. The minimum atomic E-state index is -0.405. The van der Waals surface area contributed by atoms with Gasteiger partial charge in [-0.1, -0.05) is 12.5 Å². The number of nitro benzene ring substituents is 1. The van der Waals surface area contributed by atoms with Gasteiger partial charge < -0.3 is 5.73 Å².